The summed E-state index contributed by atoms with van der Waals surface area (Å²) in [6, 6.07) is 20.3. The molecule has 152 valence electrons. The van der Waals surface area contributed by atoms with Gasteiger partial charge in [-0.1, -0.05) is 30.3 Å². The maximum absolute atomic E-state index is 12.5. The van der Waals surface area contributed by atoms with Gasteiger partial charge in [-0.25, -0.2) is 0 Å². The molecular weight excluding hydrogens is 364 g/mol. The van der Waals surface area contributed by atoms with Gasteiger partial charge in [-0.05, 0) is 36.2 Å². The van der Waals surface area contributed by atoms with E-state index in [0.29, 0.717) is 26.1 Å². The fraction of sp³-hybridized carbons (Fsp3) is 0.391. The molecule has 1 N–H and O–H groups in total. The number of ether oxygens (including phenoxy) is 1. The smallest absolute Gasteiger partial charge is 0.236 e. The maximum Gasteiger partial charge on any atom is 0.236 e. The minimum absolute atomic E-state index is 0.140. The Morgan fingerprint density at radius 1 is 1.07 bits per heavy atom. The Bertz CT molecular complexity index is 811. The van der Waals surface area contributed by atoms with Crippen LogP contribution in [0.3, 0.4) is 0 Å². The molecule has 0 unspecified atom stereocenters. The van der Waals surface area contributed by atoms with Crippen LogP contribution in [0.25, 0.3) is 0 Å². The summed E-state index contributed by atoms with van der Waals surface area (Å²) in [5.41, 5.74) is 2.29. The normalized spacial score (nSPS) is 13.8. The van der Waals surface area contributed by atoms with Crippen LogP contribution in [0.5, 0.6) is 5.75 Å². The third kappa shape index (κ3) is 6.51. The van der Waals surface area contributed by atoms with Crippen molar-refractivity contribution in [3.8, 4) is 11.8 Å². The molecule has 6 heteroatoms. The first-order chi connectivity index (χ1) is 14.3. The largest absolute Gasteiger partial charge is 0.494 e. The molecule has 0 saturated carbocycles. The molecule has 1 heterocycles. The number of benzene rings is 2. The minimum atomic E-state index is 0.140. The Hall–Kier alpha value is -3.04. The van der Waals surface area contributed by atoms with E-state index < -0.39 is 0 Å². The first kappa shape index (κ1) is 20.7. The van der Waals surface area contributed by atoms with Crippen LogP contribution >= 0.6 is 0 Å². The lowest BCUT2D eigenvalue weighted by Gasteiger charge is -2.36. The predicted octanol–water partition coefficient (Wildman–Crippen LogP) is 2.81. The monoisotopic (exact) mass is 392 g/mol. The van der Waals surface area contributed by atoms with Gasteiger partial charge >= 0.3 is 0 Å². The molecule has 1 fully saturated rings. The van der Waals surface area contributed by atoms with Crippen molar-refractivity contribution in [3.63, 3.8) is 0 Å². The van der Waals surface area contributed by atoms with Gasteiger partial charge in [0.05, 0.1) is 19.2 Å². The molecule has 1 aliphatic heterocycles. The van der Waals surface area contributed by atoms with Crippen molar-refractivity contribution in [2.75, 3.05) is 44.2 Å². The quantitative estimate of drug-likeness (QED) is 0.665. The summed E-state index contributed by atoms with van der Waals surface area (Å²) in [5.74, 6) is 0.937. The summed E-state index contributed by atoms with van der Waals surface area (Å²) >= 11 is 0. The van der Waals surface area contributed by atoms with Crippen molar-refractivity contribution in [3.05, 3.63) is 60.2 Å². The van der Waals surface area contributed by atoms with Gasteiger partial charge in [0, 0.05) is 44.8 Å². The highest BCUT2D eigenvalue weighted by Gasteiger charge is 2.20. The van der Waals surface area contributed by atoms with Crippen LogP contribution in [0.4, 0.5) is 5.69 Å². The molecule has 0 aromatic heterocycles. The molecular formula is C23H28N4O2. The Balaban J connectivity index is 1.37. The highest BCUT2D eigenvalue weighted by molar-refractivity contribution is 5.78. The van der Waals surface area contributed by atoms with Gasteiger partial charge in [0.1, 0.15) is 5.75 Å². The number of hydrogen-bond donors (Lipinski definition) is 1. The topological polar surface area (TPSA) is 68.6 Å². The fourth-order valence-electron chi connectivity index (χ4n) is 3.36. The number of amides is 1. The standard InChI is InChI=1S/C23H28N4O2/c24-11-4-5-16-29-22-10-6-7-20(17-22)18-25-19-23(28)27-14-12-26(13-15-27)21-8-2-1-3-9-21/h1-3,6-10,17,25H,4-5,12-16,18-19H2. The van der Waals surface area contributed by atoms with Gasteiger partial charge in [0.25, 0.3) is 0 Å². The summed E-state index contributed by atoms with van der Waals surface area (Å²) in [6.45, 7) is 4.71. The van der Waals surface area contributed by atoms with Gasteiger partial charge in [0.2, 0.25) is 5.91 Å². The Morgan fingerprint density at radius 2 is 1.86 bits per heavy atom. The number of unbranched alkanes of at least 4 members (excludes halogenated alkanes) is 1. The predicted molar refractivity (Wildman–Crippen MR) is 114 cm³/mol. The number of piperazine rings is 1. The number of nitrogens with one attached hydrogen (secondary N) is 1. The second kappa shape index (κ2) is 11.1. The van der Waals surface area contributed by atoms with Crippen LogP contribution < -0.4 is 15.0 Å². The highest BCUT2D eigenvalue weighted by atomic mass is 16.5. The van der Waals surface area contributed by atoms with E-state index in [0.717, 1.165) is 43.9 Å². The van der Waals surface area contributed by atoms with Gasteiger partial charge in [-0.3, -0.25) is 4.79 Å². The zero-order valence-electron chi connectivity index (χ0n) is 16.7. The zero-order chi connectivity index (χ0) is 20.3. The first-order valence-corrected chi connectivity index (χ1v) is 10.1. The zero-order valence-corrected chi connectivity index (χ0v) is 16.7. The Morgan fingerprint density at radius 3 is 2.62 bits per heavy atom. The molecule has 1 amide bonds. The van der Waals surface area contributed by atoms with Gasteiger partial charge in [-0.2, -0.15) is 5.26 Å². The number of hydrogen-bond acceptors (Lipinski definition) is 5. The van der Waals surface area contributed by atoms with Crippen LogP contribution in [0.2, 0.25) is 0 Å². The van der Waals surface area contributed by atoms with E-state index in [4.69, 9.17) is 10.00 Å². The molecule has 2 aromatic rings. The van der Waals surface area contributed by atoms with E-state index in [-0.39, 0.29) is 5.91 Å². The first-order valence-electron chi connectivity index (χ1n) is 10.1. The lowest BCUT2D eigenvalue weighted by Crippen LogP contribution is -2.50. The van der Waals surface area contributed by atoms with Crippen molar-refractivity contribution < 1.29 is 9.53 Å². The van der Waals surface area contributed by atoms with Crippen LogP contribution in [-0.2, 0) is 11.3 Å². The van der Waals surface area contributed by atoms with Gasteiger partial charge in [0.15, 0.2) is 0 Å². The lowest BCUT2D eigenvalue weighted by atomic mass is 10.2. The molecule has 0 atom stereocenters. The van der Waals surface area contributed by atoms with Gasteiger partial charge in [-0.15, -0.1) is 0 Å². The summed E-state index contributed by atoms with van der Waals surface area (Å²) in [5, 5.41) is 11.8. The van der Waals surface area contributed by atoms with Gasteiger partial charge < -0.3 is 19.9 Å². The highest BCUT2D eigenvalue weighted by Crippen LogP contribution is 2.16. The van der Waals surface area contributed by atoms with Crippen molar-refractivity contribution in [1.29, 1.82) is 5.26 Å². The Kier molecular flexibility index (Phi) is 7.90. The number of carbonyl (C=O) groups excluding carboxylic acids is 1. The van der Waals surface area contributed by atoms with Crippen molar-refractivity contribution >= 4 is 11.6 Å². The minimum Gasteiger partial charge on any atom is -0.494 e. The number of carbonyl (C=O) groups is 1. The van der Waals surface area contributed by atoms with Crippen LogP contribution in [0.15, 0.2) is 54.6 Å². The molecule has 0 radical (unpaired) electrons. The fourth-order valence-corrected chi connectivity index (χ4v) is 3.36. The molecule has 1 saturated heterocycles. The third-order valence-corrected chi connectivity index (χ3v) is 4.96. The van der Waals surface area contributed by atoms with Crippen molar-refractivity contribution in [1.82, 2.24) is 10.2 Å². The molecule has 29 heavy (non-hydrogen) atoms. The summed E-state index contributed by atoms with van der Waals surface area (Å²) in [6.07, 6.45) is 1.23. The van der Waals surface area contributed by atoms with E-state index in [1.54, 1.807) is 0 Å². The number of nitriles is 1. The molecule has 0 bridgehead atoms. The average Bonchev–Trinajstić information content (AvgIpc) is 2.78. The van der Waals surface area contributed by atoms with E-state index in [1.165, 1.54) is 5.69 Å². The van der Waals surface area contributed by atoms with Crippen LogP contribution in [0, 0.1) is 11.3 Å². The van der Waals surface area contributed by atoms with Crippen molar-refractivity contribution in [2.45, 2.75) is 19.4 Å². The van der Waals surface area contributed by atoms with Crippen LogP contribution in [0.1, 0.15) is 18.4 Å². The summed E-state index contributed by atoms with van der Waals surface area (Å²) < 4.78 is 5.66. The number of anilines is 1. The average molecular weight is 393 g/mol. The second-order valence-corrected chi connectivity index (χ2v) is 7.06. The molecule has 0 aliphatic carbocycles. The third-order valence-electron chi connectivity index (χ3n) is 4.96. The van der Waals surface area contributed by atoms with Crippen LogP contribution in [-0.4, -0.2) is 50.1 Å². The molecule has 2 aromatic carbocycles. The van der Waals surface area contributed by atoms with E-state index in [2.05, 4.69) is 28.4 Å². The van der Waals surface area contributed by atoms with E-state index >= 15 is 0 Å². The number of para-hydroxylation sites is 1. The molecule has 1 aliphatic rings. The SMILES string of the molecule is N#CCCCOc1cccc(CNCC(=O)N2CCN(c3ccccc3)CC2)c1. The molecule has 3 rings (SSSR count). The summed E-state index contributed by atoms with van der Waals surface area (Å²) in [7, 11) is 0. The molecule has 6 nitrogen and oxygen atoms in total. The number of rotatable bonds is 9. The Labute approximate surface area is 172 Å². The number of nitrogens with zero attached hydrogens (tertiary/aromatic N) is 3. The van der Waals surface area contributed by atoms with E-state index in [9.17, 15) is 4.79 Å². The molecule has 0 spiro atoms. The second-order valence-electron chi connectivity index (χ2n) is 7.06. The van der Waals surface area contributed by atoms with Crippen molar-refractivity contribution in [2.24, 2.45) is 0 Å². The van der Waals surface area contributed by atoms with E-state index in [1.807, 2.05) is 47.4 Å². The maximum atomic E-state index is 12.5. The summed E-state index contributed by atoms with van der Waals surface area (Å²) in [4.78, 5) is 16.7. The lowest BCUT2D eigenvalue weighted by molar-refractivity contribution is -0.130.